The van der Waals surface area contributed by atoms with Crippen molar-refractivity contribution in [1.82, 2.24) is 4.98 Å². The number of aromatic carboxylic acids is 1. The number of nitrogens with one attached hydrogen (secondary N) is 1. The molecule has 5 aromatic rings. The number of phenols is 1. The van der Waals surface area contributed by atoms with E-state index in [9.17, 15) is 24.9 Å². The Kier molecular flexibility index (Phi) is 6.07. The number of aromatic nitrogens is 1. The predicted octanol–water partition coefficient (Wildman–Crippen LogP) is 6.30. The van der Waals surface area contributed by atoms with Gasteiger partial charge in [0.25, 0.3) is 5.56 Å². The van der Waals surface area contributed by atoms with Crippen molar-refractivity contribution in [2.45, 2.75) is 0 Å². The standard InChI is InChI=1S/C29H20ClNO6/c1-37-27-19(15-8-10-18(32)11-9-15)6-3-7-20(27)21-13-22-24(14-23(21)30)31-28(34)25(26(22)33)16-4-2-5-17(12-16)29(35)36/h2-14,32H,1H3,(H,35,36)(H2,31,33,34). The molecule has 37 heavy (non-hydrogen) atoms. The topological polar surface area (TPSA) is 120 Å². The van der Waals surface area contributed by atoms with E-state index in [1.165, 1.54) is 18.2 Å². The molecule has 0 atom stereocenters. The smallest absolute Gasteiger partial charge is 0.335 e. The number of rotatable bonds is 5. The van der Waals surface area contributed by atoms with Gasteiger partial charge < -0.3 is 25.0 Å². The number of phenolic OH excluding ortho intramolecular Hbond substituents is 1. The Morgan fingerprint density at radius 3 is 2.27 bits per heavy atom. The molecule has 0 aliphatic carbocycles. The molecule has 0 radical (unpaired) electrons. The Morgan fingerprint density at radius 1 is 0.865 bits per heavy atom. The lowest BCUT2D eigenvalue weighted by atomic mass is 9.95. The molecule has 0 amide bonds. The van der Waals surface area contributed by atoms with Gasteiger partial charge in [0, 0.05) is 22.1 Å². The number of hydrogen-bond donors (Lipinski definition) is 4. The van der Waals surface area contributed by atoms with Gasteiger partial charge >= 0.3 is 5.97 Å². The quantitative estimate of drug-likeness (QED) is 0.219. The van der Waals surface area contributed by atoms with E-state index < -0.39 is 11.5 Å². The monoisotopic (exact) mass is 513 g/mol. The van der Waals surface area contributed by atoms with Crippen molar-refractivity contribution < 1.29 is 24.9 Å². The van der Waals surface area contributed by atoms with Crippen molar-refractivity contribution in [3.05, 3.63) is 99.8 Å². The summed E-state index contributed by atoms with van der Waals surface area (Å²) in [7, 11) is 1.54. The van der Waals surface area contributed by atoms with Crippen LogP contribution in [0.25, 0.3) is 44.3 Å². The maximum absolute atomic E-state index is 12.9. The van der Waals surface area contributed by atoms with Crippen LogP contribution >= 0.6 is 11.6 Å². The van der Waals surface area contributed by atoms with E-state index in [1.54, 1.807) is 49.6 Å². The molecule has 0 fully saturated rings. The van der Waals surface area contributed by atoms with E-state index in [-0.39, 0.29) is 28.2 Å². The first-order valence-electron chi connectivity index (χ1n) is 11.2. The summed E-state index contributed by atoms with van der Waals surface area (Å²) < 4.78 is 5.76. The number of ether oxygens (including phenoxy) is 1. The van der Waals surface area contributed by atoms with Gasteiger partial charge in [-0.15, -0.1) is 0 Å². The fraction of sp³-hybridized carbons (Fsp3) is 0.0345. The average molecular weight is 514 g/mol. The molecular formula is C29H20ClNO6. The Hall–Kier alpha value is -4.75. The number of fused-ring (bicyclic) bond motifs is 1. The van der Waals surface area contributed by atoms with Gasteiger partial charge in [0.2, 0.25) is 0 Å². The molecule has 0 aliphatic rings. The number of carbonyl (C=O) groups is 1. The molecular weight excluding hydrogens is 494 g/mol. The van der Waals surface area contributed by atoms with Gasteiger partial charge in [-0.3, -0.25) is 4.79 Å². The lowest BCUT2D eigenvalue weighted by molar-refractivity contribution is 0.0697. The molecule has 0 saturated carbocycles. The summed E-state index contributed by atoms with van der Waals surface area (Å²) in [5.41, 5.74) is 2.75. The average Bonchev–Trinajstić information content (AvgIpc) is 2.88. The second-order valence-electron chi connectivity index (χ2n) is 8.37. The molecule has 4 N–H and O–H groups in total. The SMILES string of the molecule is COc1c(-c2ccc(O)cc2)cccc1-c1cc2c(O)c(-c3cccc(C(=O)O)c3)c(=O)[nH]c2cc1Cl. The zero-order chi connectivity index (χ0) is 26.3. The minimum absolute atomic E-state index is 0.0102. The molecule has 4 aromatic carbocycles. The summed E-state index contributed by atoms with van der Waals surface area (Å²) in [6.07, 6.45) is 0. The van der Waals surface area contributed by atoms with E-state index in [0.29, 0.717) is 32.8 Å². The molecule has 0 bridgehead atoms. The zero-order valence-electron chi connectivity index (χ0n) is 19.4. The van der Waals surface area contributed by atoms with Crippen LogP contribution in [-0.2, 0) is 0 Å². The number of benzene rings is 4. The number of aromatic amines is 1. The van der Waals surface area contributed by atoms with Crippen LogP contribution in [0.5, 0.6) is 17.2 Å². The summed E-state index contributed by atoms with van der Waals surface area (Å²) in [6.45, 7) is 0. The number of para-hydroxylation sites is 1. The number of aromatic hydroxyl groups is 2. The first-order chi connectivity index (χ1) is 17.8. The summed E-state index contributed by atoms with van der Waals surface area (Å²) in [5, 5.41) is 30.8. The zero-order valence-corrected chi connectivity index (χ0v) is 20.2. The van der Waals surface area contributed by atoms with Gasteiger partial charge in [-0.25, -0.2) is 4.79 Å². The third-order valence-electron chi connectivity index (χ3n) is 6.16. The van der Waals surface area contributed by atoms with Crippen LogP contribution in [-0.4, -0.2) is 33.4 Å². The van der Waals surface area contributed by atoms with E-state index >= 15 is 0 Å². The highest BCUT2D eigenvalue weighted by molar-refractivity contribution is 6.34. The van der Waals surface area contributed by atoms with Crippen LogP contribution < -0.4 is 10.3 Å². The second kappa shape index (κ2) is 9.37. The number of hydrogen-bond acceptors (Lipinski definition) is 5. The molecule has 0 unspecified atom stereocenters. The maximum Gasteiger partial charge on any atom is 0.335 e. The highest BCUT2D eigenvalue weighted by Crippen LogP contribution is 2.44. The summed E-state index contributed by atoms with van der Waals surface area (Å²) >= 11 is 6.65. The first kappa shape index (κ1) is 24.0. The Labute approximate surface area is 215 Å². The molecule has 0 aliphatic heterocycles. The summed E-state index contributed by atoms with van der Waals surface area (Å²) in [4.78, 5) is 27.0. The minimum atomic E-state index is -1.15. The molecule has 0 saturated heterocycles. The van der Waals surface area contributed by atoms with Crippen molar-refractivity contribution in [2.24, 2.45) is 0 Å². The number of pyridine rings is 1. The van der Waals surface area contributed by atoms with Crippen molar-refractivity contribution >= 4 is 28.5 Å². The van der Waals surface area contributed by atoms with Crippen molar-refractivity contribution in [1.29, 1.82) is 0 Å². The number of carboxylic acid groups (broad SMARTS) is 1. The van der Waals surface area contributed by atoms with Gasteiger partial charge in [0.05, 0.1) is 28.8 Å². The third kappa shape index (κ3) is 4.26. The van der Waals surface area contributed by atoms with Gasteiger partial charge in [-0.05, 0) is 47.5 Å². The van der Waals surface area contributed by atoms with Gasteiger partial charge in [0.15, 0.2) is 0 Å². The van der Waals surface area contributed by atoms with Crippen LogP contribution in [0, 0.1) is 0 Å². The molecule has 5 rings (SSSR count). The van der Waals surface area contributed by atoms with Crippen LogP contribution in [0.1, 0.15) is 10.4 Å². The summed E-state index contributed by atoms with van der Waals surface area (Å²) in [5.74, 6) is -0.764. The highest BCUT2D eigenvalue weighted by atomic mass is 35.5. The normalized spacial score (nSPS) is 11.0. The first-order valence-corrected chi connectivity index (χ1v) is 11.5. The number of halogens is 1. The van der Waals surface area contributed by atoms with E-state index in [2.05, 4.69) is 4.98 Å². The Morgan fingerprint density at radius 2 is 1.57 bits per heavy atom. The van der Waals surface area contributed by atoms with Gasteiger partial charge in [0.1, 0.15) is 17.2 Å². The molecule has 7 nitrogen and oxygen atoms in total. The number of carboxylic acids is 1. The molecule has 8 heteroatoms. The van der Waals surface area contributed by atoms with Crippen LogP contribution in [0.3, 0.4) is 0 Å². The molecule has 184 valence electrons. The molecule has 1 aromatic heterocycles. The highest BCUT2D eigenvalue weighted by Gasteiger charge is 2.20. The van der Waals surface area contributed by atoms with Crippen LogP contribution in [0.2, 0.25) is 5.02 Å². The van der Waals surface area contributed by atoms with Gasteiger partial charge in [-0.2, -0.15) is 0 Å². The lowest BCUT2D eigenvalue weighted by Gasteiger charge is -2.16. The summed E-state index contributed by atoms with van der Waals surface area (Å²) in [6, 6.07) is 21.3. The Balaban J connectivity index is 1.73. The second-order valence-corrected chi connectivity index (χ2v) is 8.78. The van der Waals surface area contributed by atoms with E-state index in [4.69, 9.17) is 16.3 Å². The lowest BCUT2D eigenvalue weighted by Crippen LogP contribution is -2.10. The molecule has 1 heterocycles. The number of methoxy groups -OCH3 is 1. The molecule has 0 spiro atoms. The van der Waals surface area contributed by atoms with Crippen molar-refractivity contribution in [3.63, 3.8) is 0 Å². The van der Waals surface area contributed by atoms with Crippen LogP contribution in [0.4, 0.5) is 0 Å². The van der Waals surface area contributed by atoms with Crippen molar-refractivity contribution in [3.8, 4) is 50.6 Å². The predicted molar refractivity (Wildman–Crippen MR) is 143 cm³/mol. The minimum Gasteiger partial charge on any atom is -0.508 e. The third-order valence-corrected chi connectivity index (χ3v) is 6.47. The fourth-order valence-corrected chi connectivity index (χ4v) is 4.68. The maximum atomic E-state index is 12.9. The fourth-order valence-electron chi connectivity index (χ4n) is 4.42. The van der Waals surface area contributed by atoms with E-state index in [0.717, 1.165) is 11.1 Å². The Bertz CT molecular complexity index is 1740. The number of H-pyrrole nitrogens is 1. The van der Waals surface area contributed by atoms with E-state index in [1.807, 2.05) is 18.2 Å². The largest absolute Gasteiger partial charge is 0.508 e. The van der Waals surface area contributed by atoms with Crippen molar-refractivity contribution in [2.75, 3.05) is 7.11 Å². The van der Waals surface area contributed by atoms with Crippen LogP contribution in [0.15, 0.2) is 83.7 Å². The van der Waals surface area contributed by atoms with Gasteiger partial charge in [-0.1, -0.05) is 54.1 Å².